The van der Waals surface area contributed by atoms with Crippen LogP contribution in [0.15, 0.2) is 43.5 Å². The Hall–Kier alpha value is -2.03. The molecule has 19 heavy (non-hydrogen) atoms. The third kappa shape index (κ3) is 5.00. The summed E-state index contributed by atoms with van der Waals surface area (Å²) in [7, 11) is 1.40. The van der Waals surface area contributed by atoms with E-state index in [0.29, 0.717) is 19.4 Å². The van der Waals surface area contributed by atoms with Crippen LogP contribution in [0.4, 0.5) is 0 Å². The average Bonchev–Trinajstić information content (AvgIpc) is 2.44. The summed E-state index contributed by atoms with van der Waals surface area (Å²) in [4.78, 5) is 11.1. The van der Waals surface area contributed by atoms with Crippen molar-refractivity contribution in [3.05, 3.63) is 54.6 Å². The van der Waals surface area contributed by atoms with Gasteiger partial charge in [0.05, 0.1) is 7.11 Å². The number of hydrogen-bond acceptors (Lipinski definition) is 3. The normalized spacial score (nSPS) is 9.74. The summed E-state index contributed by atoms with van der Waals surface area (Å²) in [5, 5.41) is 0. The van der Waals surface area contributed by atoms with Crippen molar-refractivity contribution in [2.24, 2.45) is 0 Å². The van der Waals surface area contributed by atoms with Gasteiger partial charge < -0.3 is 9.47 Å². The van der Waals surface area contributed by atoms with Crippen molar-refractivity contribution in [2.75, 3.05) is 13.7 Å². The first-order valence-corrected chi connectivity index (χ1v) is 6.24. The predicted octanol–water partition coefficient (Wildman–Crippen LogP) is 3.09. The number of carbonyl (C=O) groups excluding carboxylic acids is 1. The molecule has 1 rings (SSSR count). The summed E-state index contributed by atoms with van der Waals surface area (Å²) in [6, 6.07) is 5.94. The van der Waals surface area contributed by atoms with Crippen molar-refractivity contribution in [2.45, 2.75) is 19.3 Å². The highest BCUT2D eigenvalue weighted by Crippen LogP contribution is 2.22. The lowest BCUT2D eigenvalue weighted by Crippen LogP contribution is -2.03. The Labute approximate surface area is 114 Å². The summed E-state index contributed by atoms with van der Waals surface area (Å²) in [6.07, 6.45) is 5.33. The Balaban J connectivity index is 2.79. The van der Waals surface area contributed by atoms with E-state index in [9.17, 15) is 4.79 Å². The number of methoxy groups -OCH3 is 1. The van der Waals surface area contributed by atoms with Crippen molar-refractivity contribution in [1.82, 2.24) is 0 Å². The molecule has 0 N–H and O–H groups in total. The molecule has 0 aliphatic rings. The van der Waals surface area contributed by atoms with Crippen molar-refractivity contribution in [3.8, 4) is 5.75 Å². The lowest BCUT2D eigenvalue weighted by molar-refractivity contribution is -0.140. The maximum atomic E-state index is 11.1. The minimum absolute atomic E-state index is 0.197. The Kier molecular flexibility index (Phi) is 6.44. The van der Waals surface area contributed by atoms with Crippen LogP contribution < -0.4 is 4.74 Å². The van der Waals surface area contributed by atoms with Crippen molar-refractivity contribution >= 4 is 5.97 Å². The lowest BCUT2D eigenvalue weighted by atomic mass is 10.0. The fraction of sp³-hybridized carbons (Fsp3) is 0.312. The molecule has 3 heteroatoms. The Morgan fingerprint density at radius 1 is 1.32 bits per heavy atom. The molecule has 0 saturated heterocycles. The third-order valence-electron chi connectivity index (χ3n) is 2.69. The van der Waals surface area contributed by atoms with E-state index >= 15 is 0 Å². The van der Waals surface area contributed by atoms with Gasteiger partial charge >= 0.3 is 5.97 Å². The molecule has 0 amide bonds. The van der Waals surface area contributed by atoms with Gasteiger partial charge in [-0.05, 0) is 30.0 Å². The van der Waals surface area contributed by atoms with Crippen LogP contribution in [0.5, 0.6) is 5.75 Å². The minimum Gasteiger partial charge on any atom is -0.489 e. The molecule has 0 fully saturated rings. The van der Waals surface area contributed by atoms with Crippen LogP contribution >= 0.6 is 0 Å². The maximum absolute atomic E-state index is 11.1. The van der Waals surface area contributed by atoms with Gasteiger partial charge in [-0.2, -0.15) is 0 Å². The number of hydrogen-bond donors (Lipinski definition) is 0. The van der Waals surface area contributed by atoms with Gasteiger partial charge in [-0.3, -0.25) is 4.79 Å². The summed E-state index contributed by atoms with van der Waals surface area (Å²) < 4.78 is 10.2. The highest BCUT2D eigenvalue weighted by molar-refractivity contribution is 5.69. The molecule has 3 nitrogen and oxygen atoms in total. The second-order valence-electron chi connectivity index (χ2n) is 4.11. The van der Waals surface area contributed by atoms with E-state index in [1.807, 2.05) is 24.3 Å². The predicted molar refractivity (Wildman–Crippen MR) is 76.4 cm³/mol. The zero-order valence-electron chi connectivity index (χ0n) is 11.4. The fourth-order valence-corrected chi connectivity index (χ4v) is 1.74. The molecular weight excluding hydrogens is 240 g/mol. The SMILES string of the molecule is C=CCOc1ccc(CCC(=O)OC)cc1CC=C. The second kappa shape index (κ2) is 8.14. The summed E-state index contributed by atoms with van der Waals surface area (Å²) in [6.45, 7) is 7.85. The highest BCUT2D eigenvalue weighted by atomic mass is 16.5. The Morgan fingerprint density at radius 3 is 2.74 bits per heavy atom. The van der Waals surface area contributed by atoms with Crippen LogP contribution in [0.1, 0.15) is 17.5 Å². The Bertz CT molecular complexity index is 449. The molecule has 0 heterocycles. The third-order valence-corrected chi connectivity index (χ3v) is 2.69. The number of ether oxygens (including phenoxy) is 2. The van der Waals surface area contributed by atoms with Crippen molar-refractivity contribution in [1.29, 1.82) is 0 Å². The standard InChI is InChI=1S/C16H20O3/c1-4-6-14-12-13(8-10-16(17)18-3)7-9-15(14)19-11-5-2/h4-5,7,9,12H,1-2,6,8,10-11H2,3H3. The molecular formula is C16H20O3. The molecule has 0 atom stereocenters. The zero-order chi connectivity index (χ0) is 14.1. The van der Waals surface area contributed by atoms with Crippen molar-refractivity contribution < 1.29 is 14.3 Å². The van der Waals surface area contributed by atoms with Gasteiger partial charge in [-0.25, -0.2) is 0 Å². The Morgan fingerprint density at radius 2 is 2.11 bits per heavy atom. The quantitative estimate of drug-likeness (QED) is 0.532. The first-order chi connectivity index (χ1) is 9.21. The van der Waals surface area contributed by atoms with Gasteiger partial charge in [0.25, 0.3) is 0 Å². The van der Waals surface area contributed by atoms with E-state index in [1.165, 1.54) is 7.11 Å². The fourth-order valence-electron chi connectivity index (χ4n) is 1.74. The lowest BCUT2D eigenvalue weighted by Gasteiger charge is -2.11. The molecule has 0 aliphatic heterocycles. The smallest absolute Gasteiger partial charge is 0.305 e. The van der Waals surface area contributed by atoms with Gasteiger partial charge in [-0.15, -0.1) is 6.58 Å². The van der Waals surface area contributed by atoms with Crippen LogP contribution in [0, 0.1) is 0 Å². The first kappa shape index (κ1) is 15.0. The van der Waals surface area contributed by atoms with E-state index in [0.717, 1.165) is 23.3 Å². The number of esters is 1. The number of rotatable bonds is 8. The molecule has 1 aromatic carbocycles. The van der Waals surface area contributed by atoms with E-state index in [1.54, 1.807) is 6.08 Å². The summed E-state index contributed by atoms with van der Waals surface area (Å²) in [5.74, 6) is 0.638. The van der Waals surface area contributed by atoms with Gasteiger partial charge in [0, 0.05) is 6.42 Å². The molecule has 0 saturated carbocycles. The number of carbonyl (C=O) groups is 1. The van der Waals surface area contributed by atoms with Gasteiger partial charge in [0.1, 0.15) is 12.4 Å². The van der Waals surface area contributed by atoms with Gasteiger partial charge in [-0.1, -0.05) is 30.9 Å². The van der Waals surface area contributed by atoms with Crippen LogP contribution in [0.25, 0.3) is 0 Å². The van der Waals surface area contributed by atoms with Gasteiger partial charge in [0.2, 0.25) is 0 Å². The van der Waals surface area contributed by atoms with Crippen LogP contribution in [-0.2, 0) is 22.4 Å². The monoisotopic (exact) mass is 260 g/mol. The molecule has 102 valence electrons. The number of allylic oxidation sites excluding steroid dienone is 1. The average molecular weight is 260 g/mol. The number of benzene rings is 1. The van der Waals surface area contributed by atoms with Crippen LogP contribution in [0.3, 0.4) is 0 Å². The van der Waals surface area contributed by atoms with E-state index in [4.69, 9.17) is 4.74 Å². The minimum atomic E-state index is -0.197. The topological polar surface area (TPSA) is 35.5 Å². The molecule has 1 aromatic rings. The largest absolute Gasteiger partial charge is 0.489 e. The zero-order valence-corrected chi connectivity index (χ0v) is 11.4. The maximum Gasteiger partial charge on any atom is 0.305 e. The molecule has 0 radical (unpaired) electrons. The van der Waals surface area contributed by atoms with E-state index < -0.39 is 0 Å². The second-order valence-corrected chi connectivity index (χ2v) is 4.11. The van der Waals surface area contributed by atoms with Gasteiger partial charge in [0.15, 0.2) is 0 Å². The van der Waals surface area contributed by atoms with Crippen molar-refractivity contribution in [3.63, 3.8) is 0 Å². The van der Waals surface area contributed by atoms with Crippen LogP contribution in [-0.4, -0.2) is 19.7 Å². The molecule has 0 aliphatic carbocycles. The van der Waals surface area contributed by atoms with E-state index in [-0.39, 0.29) is 5.97 Å². The summed E-state index contributed by atoms with van der Waals surface area (Å²) >= 11 is 0. The first-order valence-electron chi connectivity index (χ1n) is 6.24. The molecule has 0 spiro atoms. The van der Waals surface area contributed by atoms with E-state index in [2.05, 4.69) is 17.9 Å². The highest BCUT2D eigenvalue weighted by Gasteiger charge is 2.06. The molecule has 0 aromatic heterocycles. The van der Waals surface area contributed by atoms with Crippen LogP contribution in [0.2, 0.25) is 0 Å². The summed E-state index contributed by atoms with van der Waals surface area (Å²) in [5.41, 5.74) is 2.16. The molecule has 0 unspecified atom stereocenters. The number of aryl methyl sites for hydroxylation is 1. The molecule has 0 bridgehead atoms.